The predicted octanol–water partition coefficient (Wildman–Crippen LogP) is 3.61. The van der Waals surface area contributed by atoms with E-state index in [1.54, 1.807) is 7.11 Å². The third-order valence-corrected chi connectivity index (χ3v) is 3.24. The molecule has 0 aliphatic rings. The molecule has 0 fully saturated rings. The lowest BCUT2D eigenvalue weighted by molar-refractivity contribution is -0.128. The van der Waals surface area contributed by atoms with Crippen molar-refractivity contribution in [2.24, 2.45) is 5.73 Å². The highest BCUT2D eigenvalue weighted by Gasteiger charge is 2.12. The zero-order valence-electron chi connectivity index (χ0n) is 12.1. The van der Waals surface area contributed by atoms with Crippen LogP contribution in [0.5, 0.6) is 0 Å². The van der Waals surface area contributed by atoms with E-state index in [9.17, 15) is 4.79 Å². The molecule has 2 N–H and O–H groups in total. The van der Waals surface area contributed by atoms with Crippen molar-refractivity contribution in [2.75, 3.05) is 7.11 Å². The number of methoxy groups -OCH3 is 1. The van der Waals surface area contributed by atoms with Crippen LogP contribution in [-0.4, -0.2) is 19.1 Å². The van der Waals surface area contributed by atoms with Gasteiger partial charge in [-0.05, 0) is 12.8 Å². The number of carbonyl (C=O) groups is 1. The van der Waals surface area contributed by atoms with Crippen LogP contribution in [0.3, 0.4) is 0 Å². The molecule has 0 saturated heterocycles. The number of rotatable bonds is 13. The van der Waals surface area contributed by atoms with E-state index in [0.717, 1.165) is 19.3 Å². The number of amides is 1. The maximum atomic E-state index is 10.9. The monoisotopic (exact) mass is 256 g/mol. The van der Waals surface area contributed by atoms with Gasteiger partial charge in [-0.1, -0.05) is 64.7 Å². The highest BCUT2D eigenvalue weighted by atomic mass is 16.5. The molecule has 18 heavy (non-hydrogen) atoms. The van der Waals surface area contributed by atoms with E-state index in [0.29, 0.717) is 0 Å². The summed E-state index contributed by atoms with van der Waals surface area (Å²) in [6.07, 6.45) is 13.9. The fraction of sp³-hybridized carbons (Fsp3) is 0.867. The molecule has 1 unspecified atom stereocenters. The Labute approximate surface area is 112 Å². The van der Waals surface area contributed by atoms with Crippen molar-refractivity contribution < 1.29 is 9.53 Å². The minimum Gasteiger partial charge on any atom is -0.372 e. The van der Waals surface area contributed by atoms with Gasteiger partial charge in [0.15, 0.2) is 0 Å². The van der Waals surface area contributed by atoms with E-state index in [2.05, 4.69) is 13.3 Å². The fourth-order valence-corrected chi connectivity index (χ4v) is 2.03. The minimum absolute atomic E-state index is 0.347. The molecular formula is C15H30NO2. The number of unbranched alkanes of at least 4 members (excludes halogenated alkanes) is 9. The maximum Gasteiger partial charge on any atom is 0.246 e. The summed E-state index contributed by atoms with van der Waals surface area (Å²) in [6.45, 7) is 2.24. The summed E-state index contributed by atoms with van der Waals surface area (Å²) in [5.41, 5.74) is 5.20. The molecule has 0 aromatic rings. The molecule has 0 saturated carbocycles. The smallest absolute Gasteiger partial charge is 0.246 e. The Bertz CT molecular complexity index is 195. The Morgan fingerprint density at radius 1 is 1.11 bits per heavy atom. The number of carbonyl (C=O) groups excluding carboxylic acids is 1. The lowest BCUT2D eigenvalue weighted by atomic mass is 10.0. The summed E-state index contributed by atoms with van der Waals surface area (Å²) in [5, 5.41) is 0. The first-order valence-electron chi connectivity index (χ1n) is 7.36. The van der Waals surface area contributed by atoms with E-state index in [4.69, 9.17) is 10.5 Å². The molecule has 3 nitrogen and oxygen atoms in total. The molecule has 0 aromatic heterocycles. The van der Waals surface area contributed by atoms with Crippen LogP contribution in [0.2, 0.25) is 0 Å². The van der Waals surface area contributed by atoms with Crippen LogP contribution in [0.1, 0.15) is 71.1 Å². The molecular weight excluding hydrogens is 226 g/mol. The molecule has 1 amide bonds. The fourth-order valence-electron chi connectivity index (χ4n) is 2.03. The van der Waals surface area contributed by atoms with Crippen LogP contribution in [-0.2, 0) is 9.53 Å². The quantitative estimate of drug-likeness (QED) is 0.512. The molecule has 107 valence electrons. The van der Waals surface area contributed by atoms with Gasteiger partial charge in [0, 0.05) is 7.11 Å². The Balaban J connectivity index is 3.18. The van der Waals surface area contributed by atoms with Gasteiger partial charge in [-0.25, -0.2) is 0 Å². The molecule has 0 bridgehead atoms. The predicted molar refractivity (Wildman–Crippen MR) is 76.1 cm³/mol. The van der Waals surface area contributed by atoms with Crippen molar-refractivity contribution in [3.05, 3.63) is 6.42 Å². The molecule has 0 heterocycles. The van der Waals surface area contributed by atoms with Crippen LogP contribution in [0.25, 0.3) is 0 Å². The van der Waals surface area contributed by atoms with Gasteiger partial charge < -0.3 is 10.5 Å². The molecule has 1 atom stereocenters. The highest BCUT2D eigenvalue weighted by Crippen LogP contribution is 2.11. The Morgan fingerprint density at radius 3 is 2.22 bits per heavy atom. The normalized spacial score (nSPS) is 12.6. The van der Waals surface area contributed by atoms with Gasteiger partial charge in [0.25, 0.3) is 0 Å². The molecule has 0 aliphatic carbocycles. The van der Waals surface area contributed by atoms with E-state index < -0.39 is 6.10 Å². The summed E-state index contributed by atoms with van der Waals surface area (Å²) in [4.78, 5) is 10.9. The first-order chi connectivity index (χ1) is 8.72. The van der Waals surface area contributed by atoms with Crippen molar-refractivity contribution in [1.29, 1.82) is 0 Å². The van der Waals surface area contributed by atoms with Gasteiger partial charge in [-0.3, -0.25) is 4.79 Å². The SMILES string of the molecule is CCCCCC[CH]CCCCCC(OC)C(N)=O. The van der Waals surface area contributed by atoms with Crippen molar-refractivity contribution in [3.8, 4) is 0 Å². The van der Waals surface area contributed by atoms with E-state index in [1.165, 1.54) is 44.9 Å². The van der Waals surface area contributed by atoms with Crippen molar-refractivity contribution in [3.63, 3.8) is 0 Å². The number of ether oxygens (including phenoxy) is 1. The molecule has 1 radical (unpaired) electrons. The Morgan fingerprint density at radius 2 is 1.72 bits per heavy atom. The second-order valence-corrected chi connectivity index (χ2v) is 4.90. The summed E-state index contributed by atoms with van der Waals surface area (Å²) in [6, 6.07) is 0. The molecule has 0 rings (SSSR count). The number of nitrogens with two attached hydrogens (primary N) is 1. The largest absolute Gasteiger partial charge is 0.372 e. The van der Waals surface area contributed by atoms with Gasteiger partial charge in [0.1, 0.15) is 6.10 Å². The Hall–Kier alpha value is -0.570. The second-order valence-electron chi connectivity index (χ2n) is 4.90. The third-order valence-electron chi connectivity index (χ3n) is 3.24. The summed E-state index contributed by atoms with van der Waals surface area (Å²) >= 11 is 0. The minimum atomic E-state index is -0.400. The van der Waals surface area contributed by atoms with Crippen LogP contribution < -0.4 is 5.73 Å². The average Bonchev–Trinajstić information content (AvgIpc) is 2.35. The Kier molecular flexibility index (Phi) is 12.5. The van der Waals surface area contributed by atoms with Crippen LogP contribution in [0, 0.1) is 6.42 Å². The van der Waals surface area contributed by atoms with Gasteiger partial charge >= 0.3 is 0 Å². The standard InChI is InChI=1S/C15H30NO2/c1-3-4-5-6-7-8-9-10-11-12-13-14(18-2)15(16)17/h8,14H,3-7,9-13H2,1-2H3,(H2,16,17). The zero-order chi connectivity index (χ0) is 13.6. The second kappa shape index (κ2) is 12.9. The van der Waals surface area contributed by atoms with Crippen LogP contribution >= 0.6 is 0 Å². The van der Waals surface area contributed by atoms with Gasteiger partial charge in [-0.15, -0.1) is 0 Å². The van der Waals surface area contributed by atoms with Crippen LogP contribution in [0.4, 0.5) is 0 Å². The van der Waals surface area contributed by atoms with Gasteiger partial charge in [0.2, 0.25) is 5.91 Å². The van der Waals surface area contributed by atoms with Crippen molar-refractivity contribution in [1.82, 2.24) is 0 Å². The van der Waals surface area contributed by atoms with E-state index in [1.807, 2.05) is 0 Å². The number of hydrogen-bond acceptors (Lipinski definition) is 2. The van der Waals surface area contributed by atoms with Gasteiger partial charge in [-0.2, -0.15) is 0 Å². The molecule has 3 heteroatoms. The third kappa shape index (κ3) is 10.6. The highest BCUT2D eigenvalue weighted by molar-refractivity contribution is 5.78. The topological polar surface area (TPSA) is 52.3 Å². The van der Waals surface area contributed by atoms with Crippen molar-refractivity contribution >= 4 is 5.91 Å². The van der Waals surface area contributed by atoms with Gasteiger partial charge in [0.05, 0.1) is 0 Å². The van der Waals surface area contributed by atoms with Crippen LogP contribution in [0.15, 0.2) is 0 Å². The number of hydrogen-bond donors (Lipinski definition) is 1. The summed E-state index contributed by atoms with van der Waals surface area (Å²) < 4.78 is 5.01. The number of primary amides is 1. The summed E-state index contributed by atoms with van der Waals surface area (Å²) in [7, 11) is 1.54. The van der Waals surface area contributed by atoms with E-state index in [-0.39, 0.29) is 5.91 Å². The van der Waals surface area contributed by atoms with E-state index >= 15 is 0 Å². The maximum absolute atomic E-state index is 10.9. The molecule has 0 aromatic carbocycles. The average molecular weight is 256 g/mol. The zero-order valence-corrected chi connectivity index (χ0v) is 12.1. The molecule has 0 spiro atoms. The first kappa shape index (κ1) is 17.4. The first-order valence-corrected chi connectivity index (χ1v) is 7.36. The van der Waals surface area contributed by atoms with Crippen molar-refractivity contribution in [2.45, 2.75) is 77.2 Å². The lowest BCUT2D eigenvalue weighted by Crippen LogP contribution is -2.30. The molecule has 0 aliphatic heterocycles. The summed E-state index contributed by atoms with van der Waals surface area (Å²) in [5.74, 6) is -0.347. The lowest BCUT2D eigenvalue weighted by Gasteiger charge is -2.10.